The molecule has 0 atom stereocenters. The highest BCUT2D eigenvalue weighted by atomic mass is 32.1. The van der Waals surface area contributed by atoms with Crippen LogP contribution in [-0.4, -0.2) is 19.5 Å². The molecule has 83 heavy (non-hydrogen) atoms. The number of anilines is 5. The summed E-state index contributed by atoms with van der Waals surface area (Å²) in [6, 6.07) is 96.8. The number of rotatable bonds is 14. The number of nitrogens with zero attached hydrogens (tertiary/aromatic N) is 6. The van der Waals surface area contributed by atoms with Crippen LogP contribution in [0.5, 0.6) is 0 Å². The Morgan fingerprint density at radius 1 is 0.386 bits per heavy atom. The van der Waals surface area contributed by atoms with Gasteiger partial charge in [0.15, 0.2) is 17.5 Å². The average molecular weight is 1080 g/mol. The van der Waals surface area contributed by atoms with Crippen LogP contribution < -0.4 is 9.80 Å². The van der Waals surface area contributed by atoms with E-state index in [0.29, 0.717) is 17.5 Å². The molecule has 0 aliphatic carbocycles. The van der Waals surface area contributed by atoms with Gasteiger partial charge in [-0.3, -0.25) is 0 Å². The molecule has 0 aliphatic rings. The van der Waals surface area contributed by atoms with Crippen LogP contribution in [0.4, 0.5) is 28.4 Å². The summed E-state index contributed by atoms with van der Waals surface area (Å²) >= 11 is 1.80. The Hall–Kier alpha value is -10.7. The fourth-order valence-corrected chi connectivity index (χ4v) is 12.7. The number of hydrogen-bond donors (Lipinski definition) is 0. The Morgan fingerprint density at radius 2 is 0.819 bits per heavy atom. The molecule has 7 heteroatoms. The van der Waals surface area contributed by atoms with Gasteiger partial charge in [0, 0.05) is 77.1 Å². The summed E-state index contributed by atoms with van der Waals surface area (Å²) in [7, 11) is 0. The predicted molar refractivity (Wildman–Crippen MR) is 351 cm³/mol. The SMILES string of the molecule is C=C(/C=C\C=C/C)N(c1ccccc1)c1ccc(-c2ccc3c(c2)c2cc(-c4ccc(N(c5ccccc5)c5ccccc5)cc4)ccc2n3-c2cccc3c2sc2c(-c4nc(-c5ccccc5)nc(-c5ccccc5)n4)cccc23)cc1. The van der Waals surface area contributed by atoms with Crippen molar-refractivity contribution in [3.63, 3.8) is 0 Å². The summed E-state index contributed by atoms with van der Waals surface area (Å²) in [5.41, 5.74) is 17.0. The molecule has 0 fully saturated rings. The maximum atomic E-state index is 5.20. The van der Waals surface area contributed by atoms with E-state index < -0.39 is 0 Å². The number of allylic oxidation sites excluding steroid dienone is 4. The first-order valence-corrected chi connectivity index (χ1v) is 28.7. The Balaban J connectivity index is 0.918. The van der Waals surface area contributed by atoms with Crippen molar-refractivity contribution >= 4 is 81.8 Å². The normalized spacial score (nSPS) is 11.6. The van der Waals surface area contributed by atoms with Crippen LogP contribution in [0.15, 0.2) is 310 Å². The van der Waals surface area contributed by atoms with Crippen molar-refractivity contribution in [1.29, 1.82) is 0 Å². The van der Waals surface area contributed by atoms with Crippen LogP contribution >= 0.6 is 11.3 Å². The van der Waals surface area contributed by atoms with Gasteiger partial charge in [0.05, 0.1) is 21.4 Å². The lowest BCUT2D eigenvalue weighted by molar-refractivity contribution is 1.08. The van der Waals surface area contributed by atoms with E-state index in [1.807, 2.05) is 73.7 Å². The standard InChI is InChI=1S/C76H54N6S/c1-3-4-10-23-52(2)80(59-28-15-7-16-29-59)62-44-38-53(39-45-62)57-42-48-69-67(50-57)68-51-58(54-40-46-63(47-41-54)81(60-30-17-8-18-31-60)61-32-19-9-20-33-61)43-49-70(68)82(69)71-37-22-35-65-64-34-21-36-66(72(64)83-73(65)71)76-78-74(55-24-11-5-12-25-55)77-75(79-76)56-26-13-6-14-27-56/h3-51H,2H2,1H3/b4-3-,23-10-. The number of benzene rings is 11. The Morgan fingerprint density at radius 3 is 1.35 bits per heavy atom. The summed E-state index contributed by atoms with van der Waals surface area (Å²) in [5.74, 6) is 1.92. The van der Waals surface area contributed by atoms with Crippen LogP contribution in [0.25, 0.3) is 104 Å². The van der Waals surface area contributed by atoms with Gasteiger partial charge in [0.2, 0.25) is 0 Å². The van der Waals surface area contributed by atoms with Crippen molar-refractivity contribution in [3.8, 4) is 62.1 Å². The van der Waals surface area contributed by atoms with Gasteiger partial charge < -0.3 is 14.4 Å². The molecule has 14 aromatic rings. The number of fused-ring (bicyclic) bond motifs is 6. The maximum Gasteiger partial charge on any atom is 0.165 e. The largest absolute Gasteiger partial charge is 0.311 e. The van der Waals surface area contributed by atoms with E-state index in [-0.39, 0.29) is 0 Å². The molecule has 0 saturated heterocycles. The Bertz CT molecular complexity index is 4630. The summed E-state index contributed by atoms with van der Waals surface area (Å²) in [6.07, 6.45) is 8.13. The van der Waals surface area contributed by atoms with Gasteiger partial charge in [-0.15, -0.1) is 11.3 Å². The minimum atomic E-state index is 0.638. The molecule has 3 heterocycles. The molecule has 11 aromatic carbocycles. The van der Waals surface area contributed by atoms with Crippen LogP contribution in [-0.2, 0) is 0 Å². The van der Waals surface area contributed by atoms with Gasteiger partial charge in [-0.25, -0.2) is 15.0 Å². The summed E-state index contributed by atoms with van der Waals surface area (Å²) in [5, 5.41) is 4.67. The third-order valence-corrected chi connectivity index (χ3v) is 16.6. The second-order valence-corrected chi connectivity index (χ2v) is 21.4. The first kappa shape index (κ1) is 50.5. The molecule has 0 amide bonds. The van der Waals surface area contributed by atoms with Gasteiger partial charge in [-0.2, -0.15) is 0 Å². The molecular formula is C76H54N6S. The fraction of sp³-hybridized carbons (Fsp3) is 0.0132. The average Bonchev–Trinajstić information content (AvgIpc) is 4.19. The molecular weight excluding hydrogens is 1030 g/mol. The Labute approximate surface area is 486 Å². The molecule has 14 rings (SSSR count). The van der Waals surface area contributed by atoms with Crippen molar-refractivity contribution in [2.75, 3.05) is 9.80 Å². The van der Waals surface area contributed by atoms with E-state index in [1.165, 1.54) is 20.9 Å². The third kappa shape index (κ3) is 9.65. The first-order chi connectivity index (χ1) is 41.0. The molecule has 0 saturated carbocycles. The molecule has 0 unspecified atom stereocenters. The highest BCUT2D eigenvalue weighted by molar-refractivity contribution is 7.26. The number of hydrogen-bond acceptors (Lipinski definition) is 6. The maximum absolute atomic E-state index is 5.20. The minimum Gasteiger partial charge on any atom is -0.311 e. The number of thiophene rings is 1. The van der Waals surface area contributed by atoms with Crippen molar-refractivity contribution in [1.82, 2.24) is 19.5 Å². The second kappa shape index (κ2) is 22.1. The molecule has 0 aliphatic heterocycles. The van der Waals surface area contributed by atoms with Gasteiger partial charge >= 0.3 is 0 Å². The molecule has 3 aromatic heterocycles. The zero-order valence-electron chi connectivity index (χ0n) is 45.6. The summed E-state index contributed by atoms with van der Waals surface area (Å²) in [6.45, 7) is 6.50. The molecule has 0 radical (unpaired) electrons. The van der Waals surface area contributed by atoms with E-state index in [2.05, 4.69) is 251 Å². The Kier molecular flexibility index (Phi) is 13.4. The van der Waals surface area contributed by atoms with Gasteiger partial charge in [0.1, 0.15) is 0 Å². The molecule has 6 nitrogen and oxygen atoms in total. The molecule has 0 bridgehead atoms. The number of aromatic nitrogens is 4. The lowest BCUT2D eigenvalue weighted by Crippen LogP contribution is -2.14. The van der Waals surface area contributed by atoms with Crippen molar-refractivity contribution in [2.24, 2.45) is 0 Å². The third-order valence-electron chi connectivity index (χ3n) is 15.3. The van der Waals surface area contributed by atoms with Crippen molar-refractivity contribution in [3.05, 3.63) is 310 Å². The zero-order chi connectivity index (χ0) is 55.6. The lowest BCUT2D eigenvalue weighted by Gasteiger charge is -2.25. The van der Waals surface area contributed by atoms with Gasteiger partial charge in [-0.1, -0.05) is 201 Å². The second-order valence-electron chi connectivity index (χ2n) is 20.4. The van der Waals surface area contributed by atoms with E-state index >= 15 is 0 Å². The lowest BCUT2D eigenvalue weighted by atomic mass is 9.99. The topological polar surface area (TPSA) is 50.1 Å². The predicted octanol–water partition coefficient (Wildman–Crippen LogP) is 20.9. The van der Waals surface area contributed by atoms with Crippen LogP contribution in [0.3, 0.4) is 0 Å². The fourth-order valence-electron chi connectivity index (χ4n) is 11.3. The molecule has 394 valence electrons. The summed E-state index contributed by atoms with van der Waals surface area (Å²) < 4.78 is 4.77. The monoisotopic (exact) mass is 1080 g/mol. The zero-order valence-corrected chi connectivity index (χ0v) is 46.4. The highest BCUT2D eigenvalue weighted by Gasteiger charge is 2.22. The van der Waals surface area contributed by atoms with E-state index in [9.17, 15) is 0 Å². The summed E-state index contributed by atoms with van der Waals surface area (Å²) in [4.78, 5) is 19.9. The number of para-hydroxylation sites is 3. The van der Waals surface area contributed by atoms with Crippen LogP contribution in [0.2, 0.25) is 0 Å². The van der Waals surface area contributed by atoms with E-state index in [0.717, 1.165) is 99.9 Å². The van der Waals surface area contributed by atoms with Crippen molar-refractivity contribution in [2.45, 2.75) is 6.92 Å². The molecule has 0 spiro atoms. The van der Waals surface area contributed by atoms with E-state index in [1.54, 1.807) is 11.3 Å². The smallest absolute Gasteiger partial charge is 0.165 e. The quantitative estimate of drug-likeness (QED) is 0.102. The minimum absolute atomic E-state index is 0.638. The van der Waals surface area contributed by atoms with Gasteiger partial charge in [-0.05, 0) is 132 Å². The van der Waals surface area contributed by atoms with E-state index in [4.69, 9.17) is 15.0 Å². The van der Waals surface area contributed by atoms with Crippen molar-refractivity contribution < 1.29 is 0 Å². The van der Waals surface area contributed by atoms with Crippen LogP contribution in [0.1, 0.15) is 6.92 Å². The molecule has 0 N–H and O–H groups in total. The first-order valence-electron chi connectivity index (χ1n) is 27.9. The van der Waals surface area contributed by atoms with Gasteiger partial charge in [0.25, 0.3) is 0 Å². The van der Waals surface area contributed by atoms with Crippen LogP contribution in [0, 0.1) is 0 Å². The highest BCUT2D eigenvalue weighted by Crippen LogP contribution is 2.46.